The van der Waals surface area contributed by atoms with Crippen LogP contribution in [-0.2, 0) is 11.4 Å². The first-order valence-corrected chi connectivity index (χ1v) is 6.31. The molecule has 0 saturated heterocycles. The minimum atomic E-state index is -0.210. The van der Waals surface area contributed by atoms with Crippen LogP contribution in [0.5, 0.6) is 5.75 Å². The van der Waals surface area contributed by atoms with Crippen molar-refractivity contribution in [2.45, 2.75) is 39.2 Å². The number of hydrogen-bond donors (Lipinski definition) is 2. The number of unbranched alkanes of at least 4 members (excludes halogenated alkanes) is 2. The predicted octanol–water partition coefficient (Wildman–Crippen LogP) is 3.05. The van der Waals surface area contributed by atoms with Gasteiger partial charge in [-0.3, -0.25) is 4.79 Å². The molecule has 0 bridgehead atoms. The van der Waals surface area contributed by atoms with Crippen molar-refractivity contribution >= 4 is 11.9 Å². The third-order valence-electron chi connectivity index (χ3n) is 2.80. The fraction of sp³-hybridized carbons (Fsp3) is 0.400. The van der Waals surface area contributed by atoms with Crippen LogP contribution in [0.2, 0.25) is 0 Å². The number of aliphatic hydroxyl groups is 1. The minimum Gasteiger partial charge on any atom is -0.507 e. The molecule has 98 valence electrons. The van der Waals surface area contributed by atoms with Gasteiger partial charge in [0.15, 0.2) is 5.78 Å². The summed E-state index contributed by atoms with van der Waals surface area (Å²) in [6.07, 6.45) is 6.70. The fourth-order valence-corrected chi connectivity index (χ4v) is 1.69. The number of aliphatic hydroxyl groups excluding tert-OH is 1. The summed E-state index contributed by atoms with van der Waals surface area (Å²) < 4.78 is 0. The van der Waals surface area contributed by atoms with E-state index in [1.165, 1.54) is 6.08 Å². The molecule has 0 aliphatic carbocycles. The Hall–Kier alpha value is -1.61. The van der Waals surface area contributed by atoms with Crippen LogP contribution in [-0.4, -0.2) is 16.0 Å². The average Bonchev–Trinajstić information content (AvgIpc) is 2.38. The number of phenols is 1. The van der Waals surface area contributed by atoms with Crippen molar-refractivity contribution in [3.05, 3.63) is 35.4 Å². The Labute approximate surface area is 108 Å². The van der Waals surface area contributed by atoms with Crippen LogP contribution in [0.3, 0.4) is 0 Å². The smallest absolute Gasteiger partial charge is 0.155 e. The number of allylic oxidation sites excluding steroid dienone is 1. The maximum atomic E-state index is 11.5. The van der Waals surface area contributed by atoms with Gasteiger partial charge in [0.2, 0.25) is 0 Å². The topological polar surface area (TPSA) is 57.5 Å². The Bertz CT molecular complexity index is 422. The van der Waals surface area contributed by atoms with Crippen molar-refractivity contribution in [2.75, 3.05) is 0 Å². The molecule has 1 rings (SSSR count). The Morgan fingerprint density at radius 1 is 1.33 bits per heavy atom. The van der Waals surface area contributed by atoms with Crippen LogP contribution in [0.15, 0.2) is 24.3 Å². The van der Waals surface area contributed by atoms with Crippen LogP contribution in [0.1, 0.15) is 43.7 Å². The van der Waals surface area contributed by atoms with Gasteiger partial charge in [-0.1, -0.05) is 38.0 Å². The summed E-state index contributed by atoms with van der Waals surface area (Å²) in [5.74, 6) is 0.106. The Balaban J connectivity index is 2.64. The molecule has 0 aliphatic heterocycles. The molecule has 0 saturated carbocycles. The van der Waals surface area contributed by atoms with Crippen LogP contribution in [0.4, 0.5) is 0 Å². The molecule has 18 heavy (non-hydrogen) atoms. The normalized spacial score (nSPS) is 11.0. The highest BCUT2D eigenvalue weighted by Crippen LogP contribution is 2.23. The van der Waals surface area contributed by atoms with E-state index in [1.807, 2.05) is 0 Å². The van der Waals surface area contributed by atoms with Gasteiger partial charge in [0.25, 0.3) is 0 Å². The number of hydrogen-bond acceptors (Lipinski definition) is 3. The maximum Gasteiger partial charge on any atom is 0.155 e. The molecular formula is C15H20O3. The Morgan fingerprint density at radius 2 is 2.11 bits per heavy atom. The number of benzene rings is 1. The highest BCUT2D eigenvalue weighted by Gasteiger charge is 2.03. The number of rotatable bonds is 7. The lowest BCUT2D eigenvalue weighted by molar-refractivity contribution is -0.114. The number of carbonyl (C=O) groups is 1. The van der Waals surface area contributed by atoms with E-state index in [1.54, 1.807) is 24.3 Å². The van der Waals surface area contributed by atoms with Gasteiger partial charge >= 0.3 is 0 Å². The zero-order valence-electron chi connectivity index (χ0n) is 10.7. The molecule has 3 nitrogen and oxygen atoms in total. The van der Waals surface area contributed by atoms with Gasteiger partial charge in [-0.25, -0.2) is 0 Å². The zero-order valence-corrected chi connectivity index (χ0v) is 10.7. The van der Waals surface area contributed by atoms with E-state index < -0.39 is 0 Å². The average molecular weight is 248 g/mol. The highest BCUT2D eigenvalue weighted by molar-refractivity contribution is 5.93. The monoisotopic (exact) mass is 248 g/mol. The lowest BCUT2D eigenvalue weighted by Crippen LogP contribution is -1.92. The molecule has 0 spiro atoms. The number of ketones is 1. The van der Waals surface area contributed by atoms with E-state index in [0.29, 0.717) is 17.5 Å². The summed E-state index contributed by atoms with van der Waals surface area (Å²) in [7, 11) is 0. The first-order chi connectivity index (χ1) is 8.69. The number of aromatic hydroxyl groups is 1. The first kappa shape index (κ1) is 14.5. The standard InChI is InChI=1S/C15H20O3/c1-2-3-4-8-14(17)10-9-12-6-5-7-13(11-16)15(12)18/h5-7,9-10,16,18H,2-4,8,11H2,1H3/b10-9+. The van der Waals surface area contributed by atoms with E-state index in [2.05, 4.69) is 6.92 Å². The quantitative estimate of drug-likeness (QED) is 0.576. The molecule has 2 N–H and O–H groups in total. The lowest BCUT2D eigenvalue weighted by Gasteiger charge is -2.03. The van der Waals surface area contributed by atoms with Crippen molar-refractivity contribution < 1.29 is 15.0 Å². The molecule has 0 unspecified atom stereocenters. The summed E-state index contributed by atoms with van der Waals surface area (Å²) in [5, 5.41) is 18.8. The van der Waals surface area contributed by atoms with Crippen LogP contribution in [0.25, 0.3) is 6.08 Å². The van der Waals surface area contributed by atoms with Gasteiger partial charge in [-0.15, -0.1) is 0 Å². The fourth-order valence-electron chi connectivity index (χ4n) is 1.69. The van der Waals surface area contributed by atoms with E-state index in [9.17, 15) is 9.90 Å². The molecule has 0 radical (unpaired) electrons. The second-order valence-electron chi connectivity index (χ2n) is 4.27. The van der Waals surface area contributed by atoms with Gasteiger partial charge in [-0.05, 0) is 18.6 Å². The number of para-hydroxylation sites is 1. The second-order valence-corrected chi connectivity index (χ2v) is 4.27. The van der Waals surface area contributed by atoms with Gasteiger partial charge in [-0.2, -0.15) is 0 Å². The van der Waals surface area contributed by atoms with Crippen LogP contribution < -0.4 is 0 Å². The molecule has 0 aliphatic rings. The Kier molecular flexibility index (Phi) is 6.15. The van der Waals surface area contributed by atoms with Gasteiger partial charge < -0.3 is 10.2 Å². The van der Waals surface area contributed by atoms with Gasteiger partial charge in [0.05, 0.1) is 6.61 Å². The van der Waals surface area contributed by atoms with Crippen molar-refractivity contribution in [3.63, 3.8) is 0 Å². The summed E-state index contributed by atoms with van der Waals surface area (Å²) >= 11 is 0. The summed E-state index contributed by atoms with van der Waals surface area (Å²) in [4.78, 5) is 11.5. The van der Waals surface area contributed by atoms with Crippen LogP contribution in [0, 0.1) is 0 Å². The highest BCUT2D eigenvalue weighted by atomic mass is 16.3. The summed E-state index contributed by atoms with van der Waals surface area (Å²) in [6.45, 7) is 1.89. The minimum absolute atomic E-state index is 0.0395. The molecule has 0 amide bonds. The zero-order chi connectivity index (χ0) is 13.4. The third kappa shape index (κ3) is 4.34. The molecule has 0 fully saturated rings. The molecule has 0 aromatic heterocycles. The third-order valence-corrected chi connectivity index (χ3v) is 2.80. The first-order valence-electron chi connectivity index (χ1n) is 6.31. The molecule has 0 atom stereocenters. The second kappa shape index (κ2) is 7.67. The van der Waals surface area contributed by atoms with Crippen molar-refractivity contribution in [3.8, 4) is 5.75 Å². The van der Waals surface area contributed by atoms with Gasteiger partial charge in [0.1, 0.15) is 5.75 Å². The molecule has 0 heterocycles. The van der Waals surface area contributed by atoms with Crippen molar-refractivity contribution in [1.29, 1.82) is 0 Å². The van der Waals surface area contributed by atoms with Crippen LogP contribution >= 0.6 is 0 Å². The molecule has 1 aromatic rings. The SMILES string of the molecule is CCCCCC(=O)/C=C/c1cccc(CO)c1O. The largest absolute Gasteiger partial charge is 0.507 e. The van der Waals surface area contributed by atoms with E-state index in [4.69, 9.17) is 5.11 Å². The maximum absolute atomic E-state index is 11.5. The van der Waals surface area contributed by atoms with Gasteiger partial charge in [0, 0.05) is 17.5 Å². The van der Waals surface area contributed by atoms with Crippen molar-refractivity contribution in [2.24, 2.45) is 0 Å². The van der Waals surface area contributed by atoms with E-state index >= 15 is 0 Å². The predicted molar refractivity (Wildman–Crippen MR) is 72.2 cm³/mol. The molecule has 3 heteroatoms. The van der Waals surface area contributed by atoms with E-state index in [0.717, 1.165) is 19.3 Å². The lowest BCUT2D eigenvalue weighted by atomic mass is 10.1. The summed E-state index contributed by atoms with van der Waals surface area (Å²) in [6, 6.07) is 5.10. The summed E-state index contributed by atoms with van der Waals surface area (Å²) in [5.41, 5.74) is 1.03. The number of carbonyl (C=O) groups excluding carboxylic acids is 1. The molecule has 1 aromatic carbocycles. The Morgan fingerprint density at radius 3 is 2.78 bits per heavy atom. The molecular weight excluding hydrogens is 228 g/mol. The van der Waals surface area contributed by atoms with E-state index in [-0.39, 0.29) is 18.1 Å². The van der Waals surface area contributed by atoms with Crippen molar-refractivity contribution in [1.82, 2.24) is 0 Å².